The summed E-state index contributed by atoms with van der Waals surface area (Å²) in [6.07, 6.45) is -0.272. The highest BCUT2D eigenvalue weighted by Crippen LogP contribution is 2.33. The van der Waals surface area contributed by atoms with E-state index in [1.54, 1.807) is 18.2 Å². The van der Waals surface area contributed by atoms with Crippen molar-refractivity contribution >= 4 is 33.3 Å². The van der Waals surface area contributed by atoms with Crippen LogP contribution in [0.4, 0.5) is 24.5 Å². The first-order valence-corrected chi connectivity index (χ1v) is 14.9. The highest BCUT2D eigenvalue weighted by molar-refractivity contribution is 7.82. The number of nitrogens with two attached hydrogens (primary N) is 1. The number of ether oxygens (including phenoxy) is 1. The second kappa shape index (κ2) is 12.7. The average molecular weight is 590 g/mol. The molecule has 0 spiro atoms. The van der Waals surface area contributed by atoms with E-state index >= 15 is 0 Å². The lowest BCUT2D eigenvalue weighted by atomic mass is 9.89. The lowest BCUT2D eigenvalue weighted by molar-refractivity contribution is -0.140. The van der Waals surface area contributed by atoms with E-state index in [-0.39, 0.29) is 28.9 Å². The molecule has 1 unspecified atom stereocenters. The van der Waals surface area contributed by atoms with E-state index in [2.05, 4.69) is 27.4 Å². The number of hydrogen-bond acceptors (Lipinski definition) is 6. The molecule has 220 valence electrons. The van der Waals surface area contributed by atoms with E-state index in [1.165, 1.54) is 22.8 Å². The summed E-state index contributed by atoms with van der Waals surface area (Å²) in [7, 11) is -1.73. The number of alkyl halides is 3. The summed E-state index contributed by atoms with van der Waals surface area (Å²) in [4.78, 5) is 2.78. The molecule has 2 fully saturated rings. The van der Waals surface area contributed by atoms with Gasteiger partial charge in [0, 0.05) is 36.2 Å². The summed E-state index contributed by atoms with van der Waals surface area (Å²) in [6, 6.07) is 12.2. The summed E-state index contributed by atoms with van der Waals surface area (Å²) in [6.45, 7) is 2.42. The molecule has 0 radical (unpaired) electrons. The highest BCUT2D eigenvalue weighted by Gasteiger charge is 2.30. The van der Waals surface area contributed by atoms with Crippen LogP contribution in [0, 0.1) is 11.8 Å². The van der Waals surface area contributed by atoms with Crippen LogP contribution in [-0.4, -0.2) is 69.9 Å². The summed E-state index contributed by atoms with van der Waals surface area (Å²) in [5.41, 5.74) is 1.87. The van der Waals surface area contributed by atoms with Gasteiger partial charge < -0.3 is 25.0 Å². The number of fused-ring (bicyclic) bond motifs is 1. The summed E-state index contributed by atoms with van der Waals surface area (Å²) < 4.78 is 58.8. The summed E-state index contributed by atoms with van der Waals surface area (Å²) >= 11 is 0. The van der Waals surface area contributed by atoms with Gasteiger partial charge in [0.25, 0.3) is 0 Å². The molecule has 1 aliphatic heterocycles. The lowest BCUT2D eigenvalue weighted by Crippen LogP contribution is -2.46. The van der Waals surface area contributed by atoms with E-state index in [1.807, 2.05) is 6.07 Å². The van der Waals surface area contributed by atoms with Crippen molar-refractivity contribution in [2.75, 3.05) is 43.5 Å². The number of halogens is 3. The number of phenolic OH excluding ortho intramolecular Hbond substituents is 1. The Kier molecular flexibility index (Phi) is 9.09. The highest BCUT2D eigenvalue weighted by atomic mass is 32.2. The van der Waals surface area contributed by atoms with Crippen molar-refractivity contribution in [2.24, 2.45) is 5.14 Å². The monoisotopic (exact) mass is 589 g/mol. The molecule has 5 N–H and O–H groups in total. The van der Waals surface area contributed by atoms with Gasteiger partial charge in [0.05, 0.1) is 41.6 Å². The molecule has 12 heteroatoms. The molecule has 1 saturated heterocycles. The van der Waals surface area contributed by atoms with Crippen LogP contribution in [-0.2, 0) is 22.3 Å². The topological polar surface area (TPSA) is 105 Å². The molecule has 2 heterocycles. The number of aromatic nitrogens is 1. The Bertz CT molecular complexity index is 1450. The first-order valence-electron chi connectivity index (χ1n) is 13.7. The van der Waals surface area contributed by atoms with Gasteiger partial charge in [-0.05, 0) is 68.0 Å². The zero-order valence-electron chi connectivity index (χ0n) is 22.5. The molecule has 0 bridgehead atoms. The number of phenols is 1. The third-order valence-electron chi connectivity index (χ3n) is 7.69. The van der Waals surface area contributed by atoms with Gasteiger partial charge in [-0.25, -0.2) is 9.35 Å². The fraction of sp³-hybridized carbons (Fsp3) is 0.448. The van der Waals surface area contributed by atoms with Crippen molar-refractivity contribution in [3.63, 3.8) is 0 Å². The van der Waals surface area contributed by atoms with Gasteiger partial charge in [-0.3, -0.25) is 4.90 Å². The molecule has 1 aliphatic carbocycles. The largest absolute Gasteiger partial charge is 0.506 e. The van der Waals surface area contributed by atoms with Crippen molar-refractivity contribution in [2.45, 2.75) is 55.4 Å². The SMILES string of the molecule is NS(=O)c1ccc(NCC#Cc2cc3c(NC4CCC(N5CCOCC5)CC4)cccc3n2CC(F)(F)F)c(O)c1. The predicted molar refractivity (Wildman–Crippen MR) is 154 cm³/mol. The van der Waals surface area contributed by atoms with Crippen LogP contribution in [0.25, 0.3) is 10.9 Å². The van der Waals surface area contributed by atoms with Crippen LogP contribution in [0.3, 0.4) is 0 Å². The van der Waals surface area contributed by atoms with Crippen molar-refractivity contribution in [3.05, 3.63) is 48.2 Å². The van der Waals surface area contributed by atoms with Gasteiger partial charge in [0.15, 0.2) is 0 Å². The number of nitrogens with one attached hydrogen (secondary N) is 2. The molecule has 2 aromatic carbocycles. The van der Waals surface area contributed by atoms with Crippen LogP contribution in [0.5, 0.6) is 5.75 Å². The maximum atomic E-state index is 13.6. The van der Waals surface area contributed by atoms with Gasteiger partial charge >= 0.3 is 6.18 Å². The third kappa shape index (κ3) is 7.35. The fourth-order valence-corrected chi connectivity index (χ4v) is 6.10. The standard InChI is InChI=1S/C29H34F3N5O3S/c30-29(31,32)19-37-22(3-2-12-34-26-11-10-23(41(33)39)18-28(26)38)17-24-25(4-1-5-27(24)37)35-20-6-8-21(9-7-20)36-13-15-40-16-14-36/h1,4-5,10-11,17-18,20-21,34-35,38H,6-9,12-16,19,33H2. The summed E-state index contributed by atoms with van der Waals surface area (Å²) in [5.74, 6) is 5.58. The number of benzene rings is 2. The Morgan fingerprint density at radius 2 is 1.83 bits per heavy atom. The first kappa shape index (κ1) is 29.3. The van der Waals surface area contributed by atoms with E-state index in [0.29, 0.717) is 22.6 Å². The van der Waals surface area contributed by atoms with Crippen LogP contribution in [0.1, 0.15) is 31.4 Å². The number of morpholine rings is 1. The molecule has 3 aromatic rings. The van der Waals surface area contributed by atoms with Crippen molar-refractivity contribution in [1.82, 2.24) is 9.47 Å². The minimum absolute atomic E-state index is 0.0731. The minimum Gasteiger partial charge on any atom is -0.506 e. The second-order valence-electron chi connectivity index (χ2n) is 10.4. The molecule has 41 heavy (non-hydrogen) atoms. The maximum absolute atomic E-state index is 13.6. The van der Waals surface area contributed by atoms with Crippen molar-refractivity contribution in [1.29, 1.82) is 0 Å². The van der Waals surface area contributed by atoms with E-state index in [0.717, 1.165) is 57.7 Å². The zero-order valence-corrected chi connectivity index (χ0v) is 23.4. The Balaban J connectivity index is 1.31. The number of anilines is 2. The number of nitrogens with zero attached hydrogens (tertiary/aromatic N) is 2. The molecule has 8 nitrogen and oxygen atoms in total. The smallest absolute Gasteiger partial charge is 0.406 e. The van der Waals surface area contributed by atoms with Crippen LogP contribution in [0.2, 0.25) is 0 Å². The fourth-order valence-electron chi connectivity index (χ4n) is 5.67. The van der Waals surface area contributed by atoms with Gasteiger partial charge in [-0.2, -0.15) is 13.2 Å². The Labute approximate surface area is 239 Å². The predicted octanol–water partition coefficient (Wildman–Crippen LogP) is 4.41. The average Bonchev–Trinajstić information content (AvgIpc) is 3.29. The Morgan fingerprint density at radius 3 is 2.51 bits per heavy atom. The lowest BCUT2D eigenvalue weighted by Gasteiger charge is -2.39. The third-order valence-corrected chi connectivity index (χ3v) is 8.41. The molecular formula is C29H34F3N5O3S. The van der Waals surface area contributed by atoms with Gasteiger partial charge in [0.1, 0.15) is 23.3 Å². The van der Waals surface area contributed by atoms with E-state index < -0.39 is 23.7 Å². The molecule has 1 saturated carbocycles. The maximum Gasteiger partial charge on any atom is 0.406 e. The molecule has 2 aliphatic rings. The van der Waals surface area contributed by atoms with Gasteiger partial charge in [-0.1, -0.05) is 12.0 Å². The Hall–Kier alpha value is -3.24. The van der Waals surface area contributed by atoms with Crippen molar-refractivity contribution < 1.29 is 27.2 Å². The zero-order chi connectivity index (χ0) is 29.0. The Morgan fingerprint density at radius 1 is 1.07 bits per heavy atom. The van der Waals surface area contributed by atoms with Crippen molar-refractivity contribution in [3.8, 4) is 17.6 Å². The molecule has 1 aromatic heterocycles. The van der Waals surface area contributed by atoms with Crippen LogP contribution < -0.4 is 15.8 Å². The first-order chi connectivity index (χ1) is 19.7. The minimum atomic E-state index is -4.42. The summed E-state index contributed by atoms with van der Waals surface area (Å²) in [5, 5.41) is 22.7. The molecule has 0 amide bonds. The number of aromatic hydroxyl groups is 1. The number of hydrogen-bond donors (Lipinski definition) is 4. The number of rotatable bonds is 7. The van der Waals surface area contributed by atoms with E-state index in [4.69, 9.17) is 9.88 Å². The van der Waals surface area contributed by atoms with Gasteiger partial charge in [-0.15, -0.1) is 0 Å². The molecular weight excluding hydrogens is 555 g/mol. The molecule has 5 rings (SSSR count). The molecule has 1 atom stereocenters. The second-order valence-corrected chi connectivity index (χ2v) is 11.5. The van der Waals surface area contributed by atoms with Crippen LogP contribution >= 0.6 is 0 Å². The quantitative estimate of drug-likeness (QED) is 0.241. The normalized spacial score (nSPS) is 20.8. The van der Waals surface area contributed by atoms with Gasteiger partial charge in [0.2, 0.25) is 0 Å². The van der Waals surface area contributed by atoms with Crippen LogP contribution in [0.15, 0.2) is 47.4 Å². The van der Waals surface area contributed by atoms with E-state index in [9.17, 15) is 22.5 Å².